The van der Waals surface area contributed by atoms with Crippen molar-refractivity contribution in [2.45, 2.75) is 26.9 Å². The smallest absolute Gasteiger partial charge is 0.273 e. The second-order valence-corrected chi connectivity index (χ2v) is 7.54. The molecule has 0 spiro atoms. The third-order valence-electron chi connectivity index (χ3n) is 4.15. The molecule has 6 nitrogen and oxygen atoms in total. The molecule has 0 fully saturated rings. The number of benzene rings is 1. The average molecular weight is 387 g/mol. The summed E-state index contributed by atoms with van der Waals surface area (Å²) in [6.07, 6.45) is 3.08. The summed E-state index contributed by atoms with van der Waals surface area (Å²) in [5.41, 5.74) is 3.08. The van der Waals surface area contributed by atoms with Crippen LogP contribution in [0.15, 0.2) is 42.0 Å². The fraction of sp³-hybridized carbons (Fsp3) is 0.222. The molecule has 1 amide bonds. The van der Waals surface area contributed by atoms with Crippen molar-refractivity contribution < 1.29 is 4.79 Å². The molecule has 2 heterocycles. The van der Waals surface area contributed by atoms with Crippen molar-refractivity contribution in [1.82, 2.24) is 14.1 Å². The largest absolute Gasteiger partial charge is 0.324 e. The second-order valence-electron chi connectivity index (χ2n) is 5.89. The van der Waals surface area contributed by atoms with E-state index in [9.17, 15) is 9.59 Å². The van der Waals surface area contributed by atoms with Gasteiger partial charge in [0.05, 0.1) is 0 Å². The summed E-state index contributed by atoms with van der Waals surface area (Å²) in [4.78, 5) is 29.4. The fourth-order valence-electron chi connectivity index (χ4n) is 2.61. The van der Waals surface area contributed by atoms with Crippen molar-refractivity contribution in [2.75, 3.05) is 5.32 Å². The molecule has 8 heteroatoms. The van der Waals surface area contributed by atoms with Gasteiger partial charge in [-0.1, -0.05) is 29.5 Å². The van der Waals surface area contributed by atoms with Gasteiger partial charge < -0.3 is 9.88 Å². The first-order valence-corrected chi connectivity index (χ1v) is 9.20. The Morgan fingerprint density at radius 3 is 2.92 bits per heavy atom. The van der Waals surface area contributed by atoms with Gasteiger partial charge in [-0.2, -0.15) is 0 Å². The van der Waals surface area contributed by atoms with Crippen LogP contribution in [0.4, 0.5) is 5.69 Å². The monoisotopic (exact) mass is 386 g/mol. The predicted octanol–water partition coefficient (Wildman–Crippen LogP) is 3.43. The molecule has 1 aromatic carbocycles. The average Bonchev–Trinajstić information content (AvgIpc) is 2.92. The molecule has 3 aromatic rings. The summed E-state index contributed by atoms with van der Waals surface area (Å²) < 4.78 is 4.05. The van der Waals surface area contributed by atoms with E-state index in [1.165, 1.54) is 22.2 Å². The molecule has 1 N–H and O–H groups in total. The Balaban J connectivity index is 1.89. The third kappa shape index (κ3) is 3.38. The lowest BCUT2D eigenvalue weighted by Crippen LogP contribution is -2.28. The van der Waals surface area contributed by atoms with E-state index in [0.29, 0.717) is 20.8 Å². The number of nitrogens with one attached hydrogen (secondary N) is 1. The van der Waals surface area contributed by atoms with E-state index in [1.807, 2.05) is 32.0 Å². The summed E-state index contributed by atoms with van der Waals surface area (Å²) in [6.45, 7) is 7.99. The number of thiazole rings is 1. The van der Waals surface area contributed by atoms with Gasteiger partial charge in [0.1, 0.15) is 17.6 Å². The number of rotatable bonds is 5. The van der Waals surface area contributed by atoms with Crippen LogP contribution in [0.5, 0.6) is 0 Å². The Bertz CT molecular complexity index is 1120. The van der Waals surface area contributed by atoms with Crippen LogP contribution in [-0.2, 0) is 17.9 Å². The van der Waals surface area contributed by atoms with E-state index in [2.05, 4.69) is 16.9 Å². The minimum atomic E-state index is -0.281. The van der Waals surface area contributed by atoms with Crippen LogP contribution in [0.3, 0.4) is 0 Å². The zero-order valence-corrected chi connectivity index (χ0v) is 16.1. The van der Waals surface area contributed by atoms with Crippen molar-refractivity contribution in [3.63, 3.8) is 0 Å². The van der Waals surface area contributed by atoms with Crippen molar-refractivity contribution >= 4 is 45.5 Å². The Kier molecular flexibility index (Phi) is 5.15. The molecule has 0 aliphatic heterocycles. The van der Waals surface area contributed by atoms with Gasteiger partial charge in [0.15, 0.2) is 9.60 Å². The molecule has 0 saturated carbocycles. The van der Waals surface area contributed by atoms with Crippen LogP contribution in [0.1, 0.15) is 11.1 Å². The maximum absolute atomic E-state index is 12.7. The van der Waals surface area contributed by atoms with Gasteiger partial charge in [0, 0.05) is 12.2 Å². The van der Waals surface area contributed by atoms with Crippen LogP contribution >= 0.6 is 23.6 Å². The van der Waals surface area contributed by atoms with Crippen molar-refractivity contribution in [2.24, 2.45) is 0 Å². The highest BCUT2D eigenvalue weighted by Gasteiger charge is 2.14. The second kappa shape index (κ2) is 7.35. The van der Waals surface area contributed by atoms with Crippen LogP contribution in [0, 0.1) is 17.8 Å². The number of anilines is 1. The van der Waals surface area contributed by atoms with Crippen LogP contribution < -0.4 is 10.9 Å². The summed E-state index contributed by atoms with van der Waals surface area (Å²) in [5.74, 6) is -0.281. The number of aromatic nitrogens is 3. The van der Waals surface area contributed by atoms with Gasteiger partial charge in [-0.05, 0) is 43.3 Å². The quantitative estimate of drug-likeness (QED) is 0.539. The first-order valence-electron chi connectivity index (χ1n) is 7.98. The van der Waals surface area contributed by atoms with Gasteiger partial charge in [0.2, 0.25) is 5.91 Å². The lowest BCUT2D eigenvalue weighted by atomic mass is 10.1. The highest BCUT2D eigenvalue weighted by atomic mass is 32.1. The number of nitrogens with zero attached hydrogens (tertiary/aromatic N) is 3. The van der Waals surface area contributed by atoms with Crippen LogP contribution in [0.2, 0.25) is 0 Å². The van der Waals surface area contributed by atoms with E-state index in [-0.39, 0.29) is 18.0 Å². The number of hydrogen-bond acceptors (Lipinski definition) is 5. The molecule has 0 bridgehead atoms. The van der Waals surface area contributed by atoms with Gasteiger partial charge in [0.25, 0.3) is 5.56 Å². The molecule has 3 rings (SSSR count). The molecule has 0 unspecified atom stereocenters. The van der Waals surface area contributed by atoms with E-state index in [4.69, 9.17) is 12.2 Å². The first kappa shape index (κ1) is 18.2. The van der Waals surface area contributed by atoms with Gasteiger partial charge >= 0.3 is 0 Å². The summed E-state index contributed by atoms with van der Waals surface area (Å²) in [5, 5.41) is 2.85. The molecular weight excluding hydrogens is 368 g/mol. The molecule has 0 atom stereocenters. The number of hydrogen-bond donors (Lipinski definition) is 1. The molecule has 0 aliphatic rings. The molecule has 26 heavy (non-hydrogen) atoms. The number of allylic oxidation sites excluding steroid dienone is 1. The Hall–Kier alpha value is -2.58. The third-order valence-corrected chi connectivity index (χ3v) is 5.57. The maximum atomic E-state index is 12.7. The van der Waals surface area contributed by atoms with E-state index in [1.54, 1.807) is 10.6 Å². The normalized spacial score (nSPS) is 10.8. The molecule has 134 valence electrons. The predicted molar refractivity (Wildman–Crippen MR) is 107 cm³/mol. The number of carbonyl (C=O) groups excluding carboxylic acids is 1. The van der Waals surface area contributed by atoms with Gasteiger partial charge in [-0.15, -0.1) is 6.58 Å². The highest BCUT2D eigenvalue weighted by molar-refractivity contribution is 7.73. The van der Waals surface area contributed by atoms with Crippen molar-refractivity contribution in [3.8, 4) is 0 Å². The number of carbonyl (C=O) groups is 1. The molecule has 0 aliphatic carbocycles. The number of fused-ring (bicyclic) bond motifs is 1. The maximum Gasteiger partial charge on any atom is 0.273 e. The number of amides is 1. The lowest BCUT2D eigenvalue weighted by molar-refractivity contribution is -0.116. The van der Waals surface area contributed by atoms with Crippen molar-refractivity contribution in [1.29, 1.82) is 0 Å². The van der Waals surface area contributed by atoms with Gasteiger partial charge in [-0.25, -0.2) is 4.98 Å². The van der Waals surface area contributed by atoms with Gasteiger partial charge in [-0.3, -0.25) is 14.2 Å². The topological polar surface area (TPSA) is 68.9 Å². The minimum Gasteiger partial charge on any atom is -0.324 e. The van der Waals surface area contributed by atoms with E-state index >= 15 is 0 Å². The first-order chi connectivity index (χ1) is 12.4. The van der Waals surface area contributed by atoms with E-state index < -0.39 is 0 Å². The zero-order valence-electron chi connectivity index (χ0n) is 14.5. The van der Waals surface area contributed by atoms with Crippen LogP contribution in [0.25, 0.3) is 10.3 Å². The summed E-state index contributed by atoms with van der Waals surface area (Å²) in [7, 11) is 0. The summed E-state index contributed by atoms with van der Waals surface area (Å²) >= 11 is 6.49. The standard InChI is InChI=1S/C18H18N4O2S2/c1-4-8-22-16-15(26-18(22)25)17(24)21(10-19-16)9-14(23)20-13-7-5-6-11(2)12(13)3/h4-7,10H,1,8-9H2,2-3H3,(H,20,23). The van der Waals surface area contributed by atoms with E-state index in [0.717, 1.165) is 16.8 Å². The Morgan fingerprint density at radius 1 is 1.42 bits per heavy atom. The number of aryl methyl sites for hydroxylation is 1. The Labute approximate surface area is 159 Å². The SMILES string of the molecule is C=CCn1c(=S)sc2c(=O)n(CC(=O)Nc3cccc(C)c3C)cnc21. The lowest BCUT2D eigenvalue weighted by Gasteiger charge is -2.11. The molecular formula is C18H18N4O2S2. The molecule has 0 saturated heterocycles. The molecule has 2 aromatic heterocycles. The minimum absolute atomic E-state index is 0.110. The van der Waals surface area contributed by atoms with Crippen molar-refractivity contribution in [3.05, 3.63) is 62.6 Å². The Morgan fingerprint density at radius 2 is 2.19 bits per heavy atom. The fourth-order valence-corrected chi connectivity index (χ4v) is 3.92. The highest BCUT2D eigenvalue weighted by Crippen LogP contribution is 2.19. The van der Waals surface area contributed by atoms with Crippen LogP contribution in [-0.4, -0.2) is 20.0 Å². The summed E-state index contributed by atoms with van der Waals surface area (Å²) in [6, 6.07) is 5.70. The molecule has 0 radical (unpaired) electrons. The zero-order chi connectivity index (χ0) is 18.8.